The van der Waals surface area contributed by atoms with E-state index in [-0.39, 0.29) is 27.8 Å². The van der Waals surface area contributed by atoms with Crippen LogP contribution in [0.15, 0.2) is 0 Å². The zero-order chi connectivity index (χ0) is 16.4. The monoisotopic (exact) mass is 284 g/mol. The van der Waals surface area contributed by atoms with Gasteiger partial charge in [-0.25, -0.2) is 0 Å². The van der Waals surface area contributed by atoms with Gasteiger partial charge in [0.25, 0.3) is 0 Å². The first-order chi connectivity index (χ1) is 8.60. The Morgan fingerprint density at radius 3 is 1.60 bits per heavy atom. The highest BCUT2D eigenvalue weighted by Crippen LogP contribution is 2.34. The third kappa shape index (κ3) is 7.28. The van der Waals surface area contributed by atoms with E-state index in [9.17, 15) is 4.79 Å². The van der Waals surface area contributed by atoms with Gasteiger partial charge in [-0.3, -0.25) is 4.79 Å². The van der Waals surface area contributed by atoms with Crippen LogP contribution in [0.2, 0.25) is 0 Å². The van der Waals surface area contributed by atoms with Gasteiger partial charge >= 0.3 is 0 Å². The molecule has 0 heterocycles. The summed E-state index contributed by atoms with van der Waals surface area (Å²) in [5.74, 6) is 0.143. The normalized spacial score (nSPS) is 14.3. The first kappa shape index (κ1) is 19.4. The van der Waals surface area contributed by atoms with Crippen LogP contribution in [-0.2, 0) is 4.79 Å². The number of hydrogen-bond donors (Lipinski definition) is 2. The molecule has 2 N–H and O–H groups in total. The minimum absolute atomic E-state index is 0.00491. The highest BCUT2D eigenvalue weighted by atomic mass is 16.2. The quantitative estimate of drug-likeness (QED) is 0.780. The van der Waals surface area contributed by atoms with Crippen molar-refractivity contribution in [3.63, 3.8) is 0 Å². The molecule has 0 bridgehead atoms. The van der Waals surface area contributed by atoms with E-state index in [4.69, 9.17) is 0 Å². The van der Waals surface area contributed by atoms with E-state index in [0.29, 0.717) is 0 Å². The Morgan fingerprint density at radius 2 is 1.25 bits per heavy atom. The van der Waals surface area contributed by atoms with Crippen molar-refractivity contribution in [2.45, 2.75) is 86.2 Å². The van der Waals surface area contributed by atoms with Gasteiger partial charge in [-0.2, -0.15) is 0 Å². The Labute approximate surface area is 126 Å². The Morgan fingerprint density at radius 1 is 0.800 bits per heavy atom. The van der Waals surface area contributed by atoms with Gasteiger partial charge in [-0.1, -0.05) is 34.6 Å². The molecule has 0 saturated carbocycles. The second-order valence-electron chi connectivity index (χ2n) is 9.27. The van der Waals surface area contributed by atoms with Crippen molar-refractivity contribution in [1.29, 1.82) is 0 Å². The topological polar surface area (TPSA) is 41.1 Å². The summed E-state index contributed by atoms with van der Waals surface area (Å²) in [7, 11) is 1.96. The lowest BCUT2D eigenvalue weighted by molar-refractivity contribution is -0.132. The fraction of sp³-hybridized carbons (Fsp3) is 0.941. The molecule has 0 aliphatic rings. The summed E-state index contributed by atoms with van der Waals surface area (Å²) in [4.78, 5) is 12.6. The summed E-state index contributed by atoms with van der Waals surface area (Å²) in [6.45, 7) is 19.1. The summed E-state index contributed by atoms with van der Waals surface area (Å²) in [5.41, 5.74) is -0.418. The van der Waals surface area contributed by atoms with Crippen LogP contribution in [-0.4, -0.2) is 24.0 Å². The van der Waals surface area contributed by atoms with Gasteiger partial charge < -0.3 is 10.6 Å². The van der Waals surface area contributed by atoms with Gasteiger partial charge in [-0.05, 0) is 53.0 Å². The number of hydrogen-bond acceptors (Lipinski definition) is 2. The Bertz CT molecular complexity index is 335. The smallest absolute Gasteiger partial charge is 0.226 e. The van der Waals surface area contributed by atoms with Crippen LogP contribution >= 0.6 is 0 Å². The summed E-state index contributed by atoms with van der Waals surface area (Å²) >= 11 is 0. The van der Waals surface area contributed by atoms with Crippen molar-refractivity contribution in [2.75, 3.05) is 7.05 Å². The molecule has 1 amide bonds. The molecule has 0 aliphatic heterocycles. The fourth-order valence-electron chi connectivity index (χ4n) is 3.12. The highest BCUT2D eigenvalue weighted by molar-refractivity contribution is 5.82. The third-order valence-electron chi connectivity index (χ3n) is 3.60. The predicted molar refractivity (Wildman–Crippen MR) is 87.8 cm³/mol. The lowest BCUT2D eigenvalue weighted by Crippen LogP contribution is -2.54. The molecule has 3 nitrogen and oxygen atoms in total. The first-order valence-corrected chi connectivity index (χ1v) is 7.62. The molecule has 0 aromatic carbocycles. The zero-order valence-electron chi connectivity index (χ0n) is 15.3. The third-order valence-corrected chi connectivity index (χ3v) is 3.60. The van der Waals surface area contributed by atoms with Crippen LogP contribution in [0.3, 0.4) is 0 Å². The van der Waals surface area contributed by atoms with Crippen LogP contribution in [0.25, 0.3) is 0 Å². The van der Waals surface area contributed by atoms with Crippen molar-refractivity contribution < 1.29 is 4.79 Å². The zero-order valence-corrected chi connectivity index (χ0v) is 15.3. The Kier molecular flexibility index (Phi) is 5.87. The molecule has 0 rings (SSSR count). The maximum absolute atomic E-state index is 12.6. The van der Waals surface area contributed by atoms with E-state index in [1.54, 1.807) is 0 Å². The van der Waals surface area contributed by atoms with Crippen LogP contribution in [0, 0.1) is 10.8 Å². The molecule has 0 aromatic rings. The minimum atomic E-state index is -0.348. The van der Waals surface area contributed by atoms with Crippen LogP contribution in [0.1, 0.15) is 75.2 Å². The molecule has 0 saturated heterocycles. The number of amides is 1. The lowest BCUT2D eigenvalue weighted by Gasteiger charge is -2.39. The molecule has 0 aromatic heterocycles. The molecule has 0 unspecified atom stereocenters. The number of rotatable bonds is 6. The van der Waals surface area contributed by atoms with Crippen LogP contribution < -0.4 is 10.6 Å². The average molecular weight is 284 g/mol. The molecule has 0 radical (unpaired) electrons. The second kappa shape index (κ2) is 6.05. The van der Waals surface area contributed by atoms with E-state index in [1.807, 2.05) is 20.9 Å². The van der Waals surface area contributed by atoms with E-state index < -0.39 is 0 Å². The summed E-state index contributed by atoms with van der Waals surface area (Å²) in [6, 6.07) is 0. The van der Waals surface area contributed by atoms with Crippen molar-refractivity contribution in [3.05, 3.63) is 0 Å². The van der Waals surface area contributed by atoms with Gasteiger partial charge in [0.2, 0.25) is 5.91 Å². The summed E-state index contributed by atoms with van der Waals surface area (Å²) in [5, 5.41) is 6.53. The SMILES string of the molecule is CNC(C)(C)CC(C)(C)NC(=O)C(C)(C)CC(C)(C)C. The second-order valence-corrected chi connectivity index (χ2v) is 9.27. The standard InChI is InChI=1S/C17H36N2O/c1-14(2,3)11-15(4,5)13(20)19-17(8,9)12-16(6,7)18-10/h18H,11-12H2,1-10H3,(H,19,20). The van der Waals surface area contributed by atoms with Crippen molar-refractivity contribution >= 4 is 5.91 Å². The molecule has 20 heavy (non-hydrogen) atoms. The number of carbonyl (C=O) groups is 1. The maximum Gasteiger partial charge on any atom is 0.226 e. The largest absolute Gasteiger partial charge is 0.351 e. The van der Waals surface area contributed by atoms with Crippen LogP contribution in [0.4, 0.5) is 0 Å². The molecule has 120 valence electrons. The van der Waals surface area contributed by atoms with E-state index in [0.717, 1.165) is 12.8 Å². The molecule has 0 fully saturated rings. The summed E-state index contributed by atoms with van der Waals surface area (Å²) in [6.07, 6.45) is 1.76. The molecular weight excluding hydrogens is 248 g/mol. The van der Waals surface area contributed by atoms with Crippen LogP contribution in [0.5, 0.6) is 0 Å². The van der Waals surface area contributed by atoms with Gasteiger partial charge in [0.15, 0.2) is 0 Å². The Balaban J connectivity index is 4.81. The molecule has 0 atom stereocenters. The fourth-order valence-corrected chi connectivity index (χ4v) is 3.12. The van der Waals surface area contributed by atoms with Crippen molar-refractivity contribution in [2.24, 2.45) is 10.8 Å². The average Bonchev–Trinajstić information content (AvgIpc) is 2.11. The Hall–Kier alpha value is -0.570. The molecule has 3 heteroatoms. The molecule has 0 spiro atoms. The number of nitrogens with one attached hydrogen (secondary N) is 2. The van der Waals surface area contributed by atoms with Gasteiger partial charge in [-0.15, -0.1) is 0 Å². The van der Waals surface area contributed by atoms with Gasteiger partial charge in [0.1, 0.15) is 0 Å². The first-order valence-electron chi connectivity index (χ1n) is 7.62. The number of carbonyl (C=O) groups excluding carboxylic acids is 1. The lowest BCUT2D eigenvalue weighted by atomic mass is 9.75. The van der Waals surface area contributed by atoms with Gasteiger partial charge in [0, 0.05) is 16.5 Å². The minimum Gasteiger partial charge on any atom is -0.351 e. The van der Waals surface area contributed by atoms with Gasteiger partial charge in [0.05, 0.1) is 0 Å². The molecule has 0 aliphatic carbocycles. The maximum atomic E-state index is 12.6. The van der Waals surface area contributed by atoms with E-state index >= 15 is 0 Å². The van der Waals surface area contributed by atoms with Crippen molar-refractivity contribution in [3.8, 4) is 0 Å². The highest BCUT2D eigenvalue weighted by Gasteiger charge is 2.36. The molecular formula is C17H36N2O. The van der Waals surface area contributed by atoms with E-state index in [2.05, 4.69) is 59.1 Å². The van der Waals surface area contributed by atoms with E-state index in [1.165, 1.54) is 0 Å². The predicted octanol–water partition coefficient (Wildman–Crippen LogP) is 3.73. The summed E-state index contributed by atoms with van der Waals surface area (Å²) < 4.78 is 0. The van der Waals surface area contributed by atoms with Crippen molar-refractivity contribution in [1.82, 2.24) is 10.6 Å².